The highest BCUT2D eigenvalue weighted by molar-refractivity contribution is 5.71. The average molecular weight is 343 g/mol. The Bertz CT molecular complexity index is 806. The van der Waals surface area contributed by atoms with Gasteiger partial charge in [-0.2, -0.15) is 0 Å². The molecule has 0 radical (unpaired) electrons. The molecule has 0 aliphatic carbocycles. The summed E-state index contributed by atoms with van der Waals surface area (Å²) in [5, 5.41) is 0. The van der Waals surface area contributed by atoms with E-state index in [1.54, 1.807) is 42.2 Å². The van der Waals surface area contributed by atoms with Crippen LogP contribution in [0.25, 0.3) is 0 Å². The summed E-state index contributed by atoms with van der Waals surface area (Å²) in [6.45, 7) is 2.38. The lowest BCUT2D eigenvalue weighted by atomic mass is 9.82. The summed E-state index contributed by atoms with van der Waals surface area (Å²) in [4.78, 5) is 13.9. The van der Waals surface area contributed by atoms with Crippen LogP contribution in [-0.2, 0) is 4.74 Å². The molecule has 25 heavy (non-hydrogen) atoms. The summed E-state index contributed by atoms with van der Waals surface area (Å²) in [5.74, 6) is -1.11. The molecule has 2 heterocycles. The van der Waals surface area contributed by atoms with Crippen molar-refractivity contribution >= 4 is 6.09 Å². The van der Waals surface area contributed by atoms with Crippen LogP contribution < -0.4 is 0 Å². The zero-order valence-electron chi connectivity index (χ0n) is 13.9. The van der Waals surface area contributed by atoms with Gasteiger partial charge >= 0.3 is 6.09 Å². The second kappa shape index (κ2) is 6.14. The van der Waals surface area contributed by atoms with Crippen LogP contribution in [0.1, 0.15) is 35.4 Å². The smallest absolute Gasteiger partial charge is 0.410 e. The number of carbonyl (C=O) groups is 1. The Morgan fingerprint density at radius 3 is 2.68 bits per heavy atom. The first-order chi connectivity index (χ1) is 12.1. The lowest BCUT2D eigenvalue weighted by molar-refractivity contribution is 0.117. The molecule has 2 aromatic rings. The Labute approximate surface area is 145 Å². The van der Waals surface area contributed by atoms with E-state index in [0.29, 0.717) is 17.7 Å². The first kappa shape index (κ1) is 16.1. The Morgan fingerprint density at radius 2 is 1.92 bits per heavy atom. The number of carbonyl (C=O) groups excluding carboxylic acids is 1. The van der Waals surface area contributed by atoms with Crippen molar-refractivity contribution in [3.8, 4) is 0 Å². The Hall–Kier alpha value is -2.43. The molecular weight excluding hydrogens is 324 g/mol. The normalized spacial score (nSPS) is 23.5. The van der Waals surface area contributed by atoms with Crippen LogP contribution in [0.4, 0.5) is 13.6 Å². The number of hydrogen-bond acceptors (Lipinski definition) is 2. The SMILES string of the molecule is Cc1cccc([C@H](c2ccc(F)cc2)[C@H]2OC(=O)N3CCC[C@H]23)c1F. The van der Waals surface area contributed by atoms with Crippen molar-refractivity contribution in [1.29, 1.82) is 0 Å². The Balaban J connectivity index is 1.83. The lowest BCUT2D eigenvalue weighted by Gasteiger charge is -2.27. The Kier molecular flexibility index (Phi) is 3.94. The fourth-order valence-electron chi connectivity index (χ4n) is 4.04. The number of nitrogens with zero attached hydrogens (tertiary/aromatic N) is 1. The molecular formula is C20H19F2NO2. The summed E-state index contributed by atoms with van der Waals surface area (Å²) in [6, 6.07) is 11.2. The van der Waals surface area contributed by atoms with Gasteiger partial charge in [0.25, 0.3) is 0 Å². The van der Waals surface area contributed by atoms with Gasteiger partial charge in [0.1, 0.15) is 17.7 Å². The van der Waals surface area contributed by atoms with Crippen molar-refractivity contribution in [3.63, 3.8) is 0 Å². The highest BCUT2D eigenvalue weighted by atomic mass is 19.1. The first-order valence-corrected chi connectivity index (χ1v) is 8.54. The van der Waals surface area contributed by atoms with Gasteiger partial charge in [-0.15, -0.1) is 0 Å². The van der Waals surface area contributed by atoms with E-state index < -0.39 is 12.0 Å². The predicted octanol–water partition coefficient (Wildman–Crippen LogP) is 4.39. The number of aryl methyl sites for hydroxylation is 1. The van der Waals surface area contributed by atoms with Gasteiger partial charge in [-0.3, -0.25) is 0 Å². The fraction of sp³-hybridized carbons (Fsp3) is 0.350. The predicted molar refractivity (Wildman–Crippen MR) is 89.4 cm³/mol. The number of hydrogen-bond donors (Lipinski definition) is 0. The molecule has 2 aliphatic rings. The highest BCUT2D eigenvalue weighted by Gasteiger charge is 2.49. The first-order valence-electron chi connectivity index (χ1n) is 8.54. The molecule has 3 atom stereocenters. The van der Waals surface area contributed by atoms with E-state index in [-0.39, 0.29) is 23.8 Å². The van der Waals surface area contributed by atoms with E-state index in [4.69, 9.17) is 4.74 Å². The van der Waals surface area contributed by atoms with E-state index in [1.165, 1.54) is 12.1 Å². The van der Waals surface area contributed by atoms with Crippen molar-refractivity contribution in [2.75, 3.05) is 6.54 Å². The standard InChI is InChI=1S/C20H19F2NO2/c1-12-4-2-5-15(18(12)22)17(13-7-9-14(21)10-8-13)19-16-6-3-11-23(16)20(24)25-19/h2,4-5,7-10,16-17,19H,3,6,11H2,1H3/t16-,17+,19+/m1/s1. The average Bonchev–Trinajstić information content (AvgIpc) is 3.19. The number of halogens is 2. The van der Waals surface area contributed by atoms with Crippen molar-refractivity contribution in [2.45, 2.75) is 37.8 Å². The molecule has 2 fully saturated rings. The molecule has 4 rings (SSSR count). The second-order valence-electron chi connectivity index (χ2n) is 6.76. The van der Waals surface area contributed by atoms with Crippen molar-refractivity contribution in [2.24, 2.45) is 0 Å². The van der Waals surface area contributed by atoms with Crippen LogP contribution in [0.5, 0.6) is 0 Å². The van der Waals surface area contributed by atoms with E-state index in [9.17, 15) is 13.6 Å². The molecule has 0 unspecified atom stereocenters. The van der Waals surface area contributed by atoms with Gasteiger partial charge in [-0.1, -0.05) is 30.3 Å². The molecule has 5 heteroatoms. The van der Waals surface area contributed by atoms with Crippen LogP contribution >= 0.6 is 0 Å². The molecule has 130 valence electrons. The zero-order chi connectivity index (χ0) is 17.6. The van der Waals surface area contributed by atoms with Gasteiger partial charge in [0, 0.05) is 6.54 Å². The monoisotopic (exact) mass is 343 g/mol. The van der Waals surface area contributed by atoms with Gasteiger partial charge in [-0.05, 0) is 48.6 Å². The minimum absolute atomic E-state index is 0.0672. The molecule has 2 aliphatic heterocycles. The van der Waals surface area contributed by atoms with Crippen LogP contribution in [0.15, 0.2) is 42.5 Å². The molecule has 0 saturated carbocycles. The third-order valence-electron chi connectivity index (χ3n) is 5.26. The fourth-order valence-corrected chi connectivity index (χ4v) is 4.04. The van der Waals surface area contributed by atoms with Gasteiger partial charge < -0.3 is 9.64 Å². The molecule has 0 spiro atoms. The number of fused-ring (bicyclic) bond motifs is 1. The van der Waals surface area contributed by atoms with Gasteiger partial charge in [-0.25, -0.2) is 13.6 Å². The number of amides is 1. The summed E-state index contributed by atoms with van der Waals surface area (Å²) < 4.78 is 33.9. The number of cyclic esters (lactones) is 1. The van der Waals surface area contributed by atoms with Gasteiger partial charge in [0.2, 0.25) is 0 Å². The summed E-state index contributed by atoms with van der Waals surface area (Å²) in [7, 11) is 0. The van der Waals surface area contributed by atoms with Crippen molar-refractivity contribution in [3.05, 3.63) is 70.8 Å². The number of benzene rings is 2. The number of ether oxygens (including phenoxy) is 1. The molecule has 2 aromatic carbocycles. The molecule has 0 N–H and O–H groups in total. The van der Waals surface area contributed by atoms with E-state index in [1.807, 2.05) is 0 Å². The molecule has 2 saturated heterocycles. The Morgan fingerprint density at radius 1 is 1.16 bits per heavy atom. The van der Waals surface area contributed by atoms with E-state index in [0.717, 1.165) is 18.4 Å². The minimum Gasteiger partial charge on any atom is -0.443 e. The maximum atomic E-state index is 14.9. The van der Waals surface area contributed by atoms with Gasteiger partial charge in [0.15, 0.2) is 0 Å². The van der Waals surface area contributed by atoms with Crippen LogP contribution in [-0.4, -0.2) is 29.7 Å². The second-order valence-corrected chi connectivity index (χ2v) is 6.76. The van der Waals surface area contributed by atoms with Crippen molar-refractivity contribution < 1.29 is 18.3 Å². The molecule has 0 aromatic heterocycles. The maximum absolute atomic E-state index is 14.9. The minimum atomic E-state index is -0.475. The summed E-state index contributed by atoms with van der Waals surface area (Å²) in [6.07, 6.45) is 0.939. The van der Waals surface area contributed by atoms with Crippen molar-refractivity contribution in [1.82, 2.24) is 4.90 Å². The summed E-state index contributed by atoms with van der Waals surface area (Å²) in [5.41, 5.74) is 1.77. The largest absolute Gasteiger partial charge is 0.443 e. The maximum Gasteiger partial charge on any atom is 0.410 e. The third-order valence-corrected chi connectivity index (χ3v) is 5.26. The lowest BCUT2D eigenvalue weighted by Crippen LogP contribution is -2.34. The third kappa shape index (κ3) is 2.68. The topological polar surface area (TPSA) is 29.5 Å². The van der Waals surface area contributed by atoms with Crippen LogP contribution in [0, 0.1) is 18.6 Å². The van der Waals surface area contributed by atoms with Crippen LogP contribution in [0.3, 0.4) is 0 Å². The summed E-state index contributed by atoms with van der Waals surface area (Å²) >= 11 is 0. The zero-order valence-corrected chi connectivity index (χ0v) is 13.9. The number of rotatable bonds is 3. The molecule has 1 amide bonds. The quantitative estimate of drug-likeness (QED) is 0.827. The van der Waals surface area contributed by atoms with Gasteiger partial charge in [0.05, 0.1) is 12.0 Å². The molecule has 0 bridgehead atoms. The van der Waals surface area contributed by atoms with E-state index in [2.05, 4.69) is 0 Å². The van der Waals surface area contributed by atoms with Crippen LogP contribution in [0.2, 0.25) is 0 Å². The highest BCUT2D eigenvalue weighted by Crippen LogP contribution is 2.41. The molecule has 3 nitrogen and oxygen atoms in total. The van der Waals surface area contributed by atoms with E-state index >= 15 is 0 Å².